The molecular formula is C13H20O11S. The lowest BCUT2D eigenvalue weighted by Crippen LogP contribution is -2.62. The van der Waals surface area contributed by atoms with Gasteiger partial charge in [0, 0.05) is 20.8 Å². The van der Waals surface area contributed by atoms with Gasteiger partial charge >= 0.3 is 17.9 Å². The summed E-state index contributed by atoms with van der Waals surface area (Å²) in [5, 5.41) is 10.0. The summed E-state index contributed by atoms with van der Waals surface area (Å²) in [5.74, 6) is -2.31. The Kier molecular flexibility index (Phi) is 7.29. The van der Waals surface area contributed by atoms with E-state index < -0.39 is 65.3 Å². The molecule has 1 fully saturated rings. The monoisotopic (exact) mass is 384 g/mol. The fourth-order valence-corrected chi connectivity index (χ4v) is 2.80. The van der Waals surface area contributed by atoms with Crippen molar-refractivity contribution in [3.05, 3.63) is 0 Å². The molecule has 144 valence electrons. The molecule has 0 aromatic carbocycles. The molecule has 0 aliphatic carbocycles. The Morgan fingerprint density at radius 2 is 1.48 bits per heavy atom. The molecule has 11 nitrogen and oxygen atoms in total. The van der Waals surface area contributed by atoms with Gasteiger partial charge in [-0.05, 0) is 0 Å². The second-order valence-corrected chi connectivity index (χ2v) is 6.88. The van der Waals surface area contributed by atoms with Gasteiger partial charge in [0.1, 0.15) is 12.7 Å². The van der Waals surface area contributed by atoms with Gasteiger partial charge in [-0.1, -0.05) is 0 Å². The van der Waals surface area contributed by atoms with Gasteiger partial charge in [-0.25, -0.2) is 0 Å². The molecular weight excluding hydrogens is 364 g/mol. The maximum absolute atomic E-state index is 11.4. The van der Waals surface area contributed by atoms with Crippen molar-refractivity contribution in [3.63, 3.8) is 0 Å². The van der Waals surface area contributed by atoms with Gasteiger partial charge in [0.15, 0.2) is 24.6 Å². The van der Waals surface area contributed by atoms with Crippen LogP contribution in [0.15, 0.2) is 0 Å². The molecule has 12 heteroatoms. The molecule has 0 amide bonds. The summed E-state index contributed by atoms with van der Waals surface area (Å²) in [6.45, 7) is 2.78. The Bertz CT molecular complexity index is 613. The van der Waals surface area contributed by atoms with Crippen LogP contribution in [0, 0.1) is 0 Å². The molecule has 1 saturated heterocycles. The van der Waals surface area contributed by atoms with Crippen molar-refractivity contribution in [3.8, 4) is 0 Å². The highest BCUT2D eigenvalue weighted by Crippen LogP contribution is 2.28. The number of carbonyl (C=O) groups excluding carboxylic acids is 3. The number of rotatable bonds is 6. The second-order valence-electron chi connectivity index (χ2n) is 5.28. The Balaban J connectivity index is 3.18. The third-order valence-electron chi connectivity index (χ3n) is 2.95. The van der Waals surface area contributed by atoms with Gasteiger partial charge in [0.05, 0.1) is 6.26 Å². The van der Waals surface area contributed by atoms with Gasteiger partial charge in [0.25, 0.3) is 10.1 Å². The van der Waals surface area contributed by atoms with Crippen molar-refractivity contribution in [1.82, 2.24) is 0 Å². The SMILES string of the molecule is CC(=O)OC[C@H]1O[C@H](O)[C@@H](OS(C)(=O)=O)[C@@H](OC(C)=O)[C@@H]1OC(C)=O. The standard InChI is InChI=1S/C13H20O11S/c1-6(14)20-5-9-10(21-7(2)15)11(22-8(3)16)12(13(17)23-9)24-25(4,18)19/h9-13,17H,5H2,1-4H3/t9-,10-,11+,12+,13+/m1/s1. The fraction of sp³-hybridized carbons (Fsp3) is 0.769. The number of carbonyl (C=O) groups is 3. The number of hydrogen-bond donors (Lipinski definition) is 1. The lowest BCUT2D eigenvalue weighted by atomic mass is 9.98. The van der Waals surface area contributed by atoms with Crippen molar-refractivity contribution in [2.24, 2.45) is 0 Å². The van der Waals surface area contributed by atoms with Crippen LogP contribution >= 0.6 is 0 Å². The summed E-state index contributed by atoms with van der Waals surface area (Å²) in [7, 11) is -4.08. The maximum Gasteiger partial charge on any atom is 0.303 e. The van der Waals surface area contributed by atoms with Crippen LogP contribution in [-0.4, -0.2) is 75.0 Å². The van der Waals surface area contributed by atoms with Gasteiger partial charge in [-0.2, -0.15) is 8.42 Å². The van der Waals surface area contributed by atoms with Crippen LogP contribution in [0.5, 0.6) is 0 Å². The first-order valence-corrected chi connectivity index (χ1v) is 8.92. The van der Waals surface area contributed by atoms with Gasteiger partial charge in [-0.3, -0.25) is 18.6 Å². The van der Waals surface area contributed by atoms with Crippen LogP contribution in [0.4, 0.5) is 0 Å². The Morgan fingerprint density at radius 1 is 0.960 bits per heavy atom. The topological polar surface area (TPSA) is 152 Å². The third kappa shape index (κ3) is 6.94. The van der Waals surface area contributed by atoms with Crippen LogP contribution in [0.1, 0.15) is 20.8 Å². The molecule has 0 aromatic rings. The van der Waals surface area contributed by atoms with Crippen LogP contribution in [0.25, 0.3) is 0 Å². The largest absolute Gasteiger partial charge is 0.463 e. The second kappa shape index (κ2) is 8.56. The summed E-state index contributed by atoms with van der Waals surface area (Å²) in [6.07, 6.45) is -6.93. The minimum Gasteiger partial charge on any atom is -0.463 e. The van der Waals surface area contributed by atoms with E-state index in [4.69, 9.17) is 23.1 Å². The maximum atomic E-state index is 11.4. The molecule has 1 heterocycles. The number of hydrogen-bond acceptors (Lipinski definition) is 11. The molecule has 0 radical (unpaired) electrons. The minimum absolute atomic E-state index is 0.437. The van der Waals surface area contributed by atoms with Crippen molar-refractivity contribution in [2.75, 3.05) is 12.9 Å². The quantitative estimate of drug-likeness (QED) is 0.323. The highest BCUT2D eigenvalue weighted by atomic mass is 32.2. The van der Waals surface area contributed by atoms with E-state index in [1.165, 1.54) is 0 Å². The number of esters is 3. The number of aliphatic hydroxyl groups excluding tert-OH is 1. The van der Waals surface area contributed by atoms with Crippen molar-refractivity contribution < 1.29 is 51.0 Å². The molecule has 1 aliphatic heterocycles. The molecule has 0 aromatic heterocycles. The first kappa shape index (κ1) is 21.3. The number of aliphatic hydroxyl groups is 1. The highest BCUT2D eigenvalue weighted by molar-refractivity contribution is 7.86. The molecule has 1 rings (SSSR count). The molecule has 0 unspecified atom stereocenters. The van der Waals surface area contributed by atoms with E-state index in [9.17, 15) is 27.9 Å². The lowest BCUT2D eigenvalue weighted by molar-refractivity contribution is -0.287. The van der Waals surface area contributed by atoms with E-state index in [0.29, 0.717) is 0 Å². The van der Waals surface area contributed by atoms with Gasteiger partial charge < -0.3 is 24.1 Å². The van der Waals surface area contributed by atoms with Crippen LogP contribution < -0.4 is 0 Å². The fourth-order valence-electron chi connectivity index (χ4n) is 2.19. The molecule has 0 bridgehead atoms. The van der Waals surface area contributed by atoms with Gasteiger partial charge in [-0.15, -0.1) is 0 Å². The molecule has 0 saturated carbocycles. The molecule has 1 N–H and O–H groups in total. The first-order chi connectivity index (χ1) is 11.4. The number of ether oxygens (including phenoxy) is 4. The van der Waals surface area contributed by atoms with Crippen LogP contribution in [0.2, 0.25) is 0 Å². The zero-order valence-electron chi connectivity index (χ0n) is 14.0. The van der Waals surface area contributed by atoms with Gasteiger partial charge in [0.2, 0.25) is 0 Å². The average molecular weight is 384 g/mol. The Hall–Kier alpha value is -1.76. The summed E-state index contributed by atoms with van der Waals surface area (Å²) in [4.78, 5) is 33.7. The van der Waals surface area contributed by atoms with Crippen molar-refractivity contribution in [2.45, 2.75) is 51.5 Å². The van der Waals surface area contributed by atoms with E-state index in [0.717, 1.165) is 27.0 Å². The van der Waals surface area contributed by atoms with Crippen molar-refractivity contribution in [1.29, 1.82) is 0 Å². The van der Waals surface area contributed by atoms with E-state index in [1.54, 1.807) is 0 Å². The summed E-state index contributed by atoms with van der Waals surface area (Å²) in [6, 6.07) is 0. The Labute approximate surface area is 144 Å². The molecule has 1 aliphatic rings. The minimum atomic E-state index is -4.08. The van der Waals surface area contributed by atoms with E-state index in [2.05, 4.69) is 0 Å². The predicted molar refractivity (Wildman–Crippen MR) is 78.3 cm³/mol. The zero-order valence-corrected chi connectivity index (χ0v) is 14.8. The first-order valence-electron chi connectivity index (χ1n) is 7.10. The summed E-state index contributed by atoms with van der Waals surface area (Å²) >= 11 is 0. The summed E-state index contributed by atoms with van der Waals surface area (Å²) in [5.41, 5.74) is 0. The highest BCUT2D eigenvalue weighted by Gasteiger charge is 2.51. The van der Waals surface area contributed by atoms with E-state index in [1.807, 2.05) is 0 Å². The molecule has 5 atom stereocenters. The van der Waals surface area contributed by atoms with Crippen molar-refractivity contribution >= 4 is 28.0 Å². The lowest BCUT2D eigenvalue weighted by Gasteiger charge is -2.42. The third-order valence-corrected chi connectivity index (χ3v) is 3.52. The van der Waals surface area contributed by atoms with Crippen LogP contribution in [0.3, 0.4) is 0 Å². The molecule has 0 spiro atoms. The smallest absolute Gasteiger partial charge is 0.303 e. The Morgan fingerprint density at radius 3 is 1.92 bits per heavy atom. The zero-order chi connectivity index (χ0) is 19.4. The van der Waals surface area contributed by atoms with E-state index >= 15 is 0 Å². The predicted octanol–water partition coefficient (Wildman–Crippen LogP) is -1.53. The molecule has 25 heavy (non-hydrogen) atoms. The normalized spacial score (nSPS) is 29.6. The van der Waals surface area contributed by atoms with E-state index in [-0.39, 0.29) is 0 Å². The van der Waals surface area contributed by atoms with Crippen LogP contribution in [-0.2, 0) is 47.6 Å². The summed E-state index contributed by atoms with van der Waals surface area (Å²) < 4.78 is 47.4. The average Bonchev–Trinajstić information content (AvgIpc) is 2.41.